The second-order valence-corrected chi connectivity index (χ2v) is 12.7. The predicted molar refractivity (Wildman–Crippen MR) is 139 cm³/mol. The number of sulfonamides is 1. The van der Waals surface area contributed by atoms with Crippen molar-refractivity contribution in [1.29, 1.82) is 0 Å². The Bertz CT molecular complexity index is 1400. The van der Waals surface area contributed by atoms with Gasteiger partial charge in [-0.25, -0.2) is 22.2 Å². The van der Waals surface area contributed by atoms with Crippen LogP contribution in [0.25, 0.3) is 10.2 Å². The molecule has 3 heterocycles. The number of ether oxygens (including phenoxy) is 1. The number of anilines is 1. The molecule has 2 aliphatic heterocycles. The van der Waals surface area contributed by atoms with Gasteiger partial charge in [-0.1, -0.05) is 29.0 Å². The van der Waals surface area contributed by atoms with Crippen LogP contribution in [0.1, 0.15) is 31.2 Å². The molecule has 7 nitrogen and oxygen atoms in total. The fraction of sp³-hybridized carbons (Fsp3) is 0.440. The molecule has 1 aromatic heterocycles. The SMILES string of the molecule is Cc1ccc(Cl)c2sc(N(CC3CCCO3)C(=O)C3CCN(S(=O)(=O)c4ccc(F)c(F)c4)CC3)nc12. The number of fused-ring (bicyclic) bond motifs is 1. The van der Waals surface area contributed by atoms with Crippen LogP contribution >= 0.6 is 22.9 Å². The number of thiazole rings is 1. The van der Waals surface area contributed by atoms with Gasteiger partial charge in [-0.2, -0.15) is 4.31 Å². The highest BCUT2D eigenvalue weighted by molar-refractivity contribution is 7.89. The van der Waals surface area contributed by atoms with Crippen molar-refractivity contribution >= 4 is 54.2 Å². The van der Waals surface area contributed by atoms with E-state index < -0.39 is 27.6 Å². The van der Waals surface area contributed by atoms with Crippen LogP contribution in [0.3, 0.4) is 0 Å². The number of hydrogen-bond acceptors (Lipinski definition) is 6. The van der Waals surface area contributed by atoms with Gasteiger partial charge in [0, 0.05) is 25.6 Å². The summed E-state index contributed by atoms with van der Waals surface area (Å²) in [6, 6.07) is 6.24. The third-order valence-corrected chi connectivity index (χ3v) is 10.4. The molecule has 198 valence electrons. The molecule has 0 spiro atoms. The Hall–Kier alpha value is -2.18. The highest BCUT2D eigenvalue weighted by Gasteiger charge is 2.36. The Balaban J connectivity index is 1.36. The van der Waals surface area contributed by atoms with Crippen LogP contribution in [-0.2, 0) is 19.6 Å². The summed E-state index contributed by atoms with van der Waals surface area (Å²) >= 11 is 7.77. The Kier molecular flexibility index (Phi) is 7.52. The zero-order valence-corrected chi connectivity index (χ0v) is 22.5. The van der Waals surface area contributed by atoms with Crippen molar-refractivity contribution in [2.45, 2.75) is 43.6 Å². The number of nitrogens with zero attached hydrogens (tertiary/aromatic N) is 3. The number of amides is 1. The fourth-order valence-corrected chi connectivity index (χ4v) is 7.62. The molecule has 2 aliphatic rings. The normalized spacial score (nSPS) is 19.5. The number of halogens is 3. The second kappa shape index (κ2) is 10.5. The van der Waals surface area contributed by atoms with Gasteiger partial charge in [0.25, 0.3) is 0 Å². The number of rotatable bonds is 6. The van der Waals surface area contributed by atoms with Crippen LogP contribution in [0.4, 0.5) is 13.9 Å². The van der Waals surface area contributed by atoms with Gasteiger partial charge in [-0.05, 0) is 62.4 Å². The van der Waals surface area contributed by atoms with E-state index >= 15 is 0 Å². The van der Waals surface area contributed by atoms with E-state index in [9.17, 15) is 22.0 Å². The topological polar surface area (TPSA) is 79.8 Å². The highest BCUT2D eigenvalue weighted by Crippen LogP contribution is 2.37. The Morgan fingerprint density at radius 1 is 1.19 bits per heavy atom. The van der Waals surface area contributed by atoms with Crippen molar-refractivity contribution in [2.75, 3.05) is 31.1 Å². The van der Waals surface area contributed by atoms with Gasteiger partial charge in [-0.3, -0.25) is 9.69 Å². The van der Waals surface area contributed by atoms with Crippen molar-refractivity contribution < 1.29 is 26.7 Å². The predicted octanol–water partition coefficient (Wildman–Crippen LogP) is 5.15. The number of piperidine rings is 1. The highest BCUT2D eigenvalue weighted by atomic mass is 35.5. The lowest BCUT2D eigenvalue weighted by Gasteiger charge is -2.33. The minimum atomic E-state index is -4.01. The molecule has 0 aliphatic carbocycles. The molecule has 3 aromatic rings. The monoisotopic (exact) mass is 569 g/mol. The van der Waals surface area contributed by atoms with Crippen LogP contribution in [0, 0.1) is 24.5 Å². The number of aromatic nitrogens is 1. The second-order valence-electron chi connectivity index (χ2n) is 9.38. The molecular formula is C25H26ClF2N3O4S2. The van der Waals surface area contributed by atoms with E-state index in [4.69, 9.17) is 21.3 Å². The number of hydrogen-bond donors (Lipinski definition) is 0. The van der Waals surface area contributed by atoms with Crippen molar-refractivity contribution in [2.24, 2.45) is 5.92 Å². The molecular weight excluding hydrogens is 544 g/mol. The molecule has 2 fully saturated rings. The smallest absolute Gasteiger partial charge is 0.243 e. The zero-order valence-electron chi connectivity index (χ0n) is 20.1. The molecule has 1 atom stereocenters. The van der Waals surface area contributed by atoms with E-state index in [-0.39, 0.29) is 30.0 Å². The Morgan fingerprint density at radius 3 is 2.59 bits per heavy atom. The maximum Gasteiger partial charge on any atom is 0.243 e. The van der Waals surface area contributed by atoms with Crippen LogP contribution in [-0.4, -0.2) is 56.0 Å². The standard InChI is InChI=1S/C25H26ClF2N3O4S2/c1-15-4-6-19(26)23-22(15)29-25(36-23)31(14-17-3-2-12-35-17)24(32)16-8-10-30(11-9-16)37(33,34)18-5-7-20(27)21(28)13-18/h4-7,13,16-17H,2-3,8-12,14H2,1H3. The number of aryl methyl sites for hydroxylation is 1. The lowest BCUT2D eigenvalue weighted by Crippen LogP contribution is -2.46. The van der Waals surface area contributed by atoms with Gasteiger partial charge < -0.3 is 4.74 Å². The molecule has 0 bridgehead atoms. The van der Waals surface area contributed by atoms with E-state index in [0.29, 0.717) is 42.2 Å². The Morgan fingerprint density at radius 2 is 1.95 bits per heavy atom. The van der Waals surface area contributed by atoms with E-state index in [0.717, 1.165) is 40.8 Å². The van der Waals surface area contributed by atoms with Crippen molar-refractivity contribution in [1.82, 2.24) is 9.29 Å². The van der Waals surface area contributed by atoms with Crippen LogP contribution in [0.15, 0.2) is 35.2 Å². The van der Waals surface area contributed by atoms with Gasteiger partial charge in [0.1, 0.15) is 0 Å². The summed E-state index contributed by atoms with van der Waals surface area (Å²) in [6.07, 6.45) is 2.28. The fourth-order valence-electron chi connectivity index (χ4n) is 4.81. The molecule has 0 N–H and O–H groups in total. The van der Waals surface area contributed by atoms with Gasteiger partial charge in [0.2, 0.25) is 15.9 Å². The van der Waals surface area contributed by atoms with Crippen LogP contribution in [0.5, 0.6) is 0 Å². The minimum Gasteiger partial charge on any atom is -0.376 e. The first-order valence-corrected chi connectivity index (χ1v) is 14.7. The van der Waals surface area contributed by atoms with E-state index in [1.54, 1.807) is 4.90 Å². The number of carbonyl (C=O) groups is 1. The van der Waals surface area contributed by atoms with Gasteiger partial charge >= 0.3 is 0 Å². The number of carbonyl (C=O) groups excluding carboxylic acids is 1. The summed E-state index contributed by atoms with van der Waals surface area (Å²) in [5, 5.41) is 1.12. The average Bonchev–Trinajstić information content (AvgIpc) is 3.57. The summed E-state index contributed by atoms with van der Waals surface area (Å²) < 4.78 is 60.7. The molecule has 0 saturated carbocycles. The molecule has 0 radical (unpaired) electrons. The molecule has 12 heteroatoms. The molecule has 2 aromatic carbocycles. The first-order valence-electron chi connectivity index (χ1n) is 12.1. The van der Waals surface area contributed by atoms with Gasteiger partial charge in [0.05, 0.1) is 32.8 Å². The summed E-state index contributed by atoms with van der Waals surface area (Å²) in [4.78, 5) is 19.9. The lowest BCUT2D eigenvalue weighted by molar-refractivity contribution is -0.123. The molecule has 37 heavy (non-hydrogen) atoms. The molecule has 1 unspecified atom stereocenters. The zero-order chi connectivity index (χ0) is 26.3. The molecule has 1 amide bonds. The largest absolute Gasteiger partial charge is 0.376 e. The van der Waals surface area contributed by atoms with Gasteiger partial charge in [0.15, 0.2) is 16.8 Å². The average molecular weight is 570 g/mol. The summed E-state index contributed by atoms with van der Waals surface area (Å²) in [5.74, 6) is -2.88. The summed E-state index contributed by atoms with van der Waals surface area (Å²) in [7, 11) is -4.01. The van der Waals surface area contributed by atoms with Crippen LogP contribution in [0.2, 0.25) is 5.02 Å². The van der Waals surface area contributed by atoms with Crippen molar-refractivity contribution in [3.8, 4) is 0 Å². The lowest BCUT2D eigenvalue weighted by atomic mass is 9.96. The van der Waals surface area contributed by atoms with Crippen molar-refractivity contribution in [3.63, 3.8) is 0 Å². The van der Waals surface area contributed by atoms with E-state index in [1.807, 2.05) is 19.1 Å². The third-order valence-electron chi connectivity index (χ3n) is 6.93. The maximum absolute atomic E-state index is 13.8. The quantitative estimate of drug-likeness (QED) is 0.410. The van der Waals surface area contributed by atoms with E-state index in [2.05, 4.69) is 0 Å². The molecule has 2 saturated heterocycles. The third kappa shape index (κ3) is 5.24. The summed E-state index contributed by atoms with van der Waals surface area (Å²) in [6.45, 7) is 3.14. The summed E-state index contributed by atoms with van der Waals surface area (Å²) in [5.41, 5.74) is 1.72. The first-order chi connectivity index (χ1) is 17.6. The van der Waals surface area contributed by atoms with Crippen molar-refractivity contribution in [3.05, 3.63) is 52.6 Å². The Labute approximate surface area is 223 Å². The first kappa shape index (κ1) is 26.4. The number of benzene rings is 2. The maximum atomic E-state index is 13.8. The minimum absolute atomic E-state index is 0.0935. The molecule has 5 rings (SSSR count). The van der Waals surface area contributed by atoms with E-state index in [1.165, 1.54) is 15.6 Å². The van der Waals surface area contributed by atoms with Crippen LogP contribution < -0.4 is 4.90 Å². The van der Waals surface area contributed by atoms with Gasteiger partial charge in [-0.15, -0.1) is 0 Å².